The lowest BCUT2D eigenvalue weighted by Gasteiger charge is -2.42. The largest absolute Gasteiger partial charge is 0.481 e. The van der Waals surface area contributed by atoms with Gasteiger partial charge < -0.3 is 14.9 Å². The van der Waals surface area contributed by atoms with Gasteiger partial charge in [-0.1, -0.05) is 18.2 Å². The quantitative estimate of drug-likeness (QED) is 0.903. The highest BCUT2D eigenvalue weighted by atomic mass is 16.4. The molecule has 0 aliphatic carbocycles. The van der Waals surface area contributed by atoms with E-state index in [9.17, 15) is 4.79 Å². The van der Waals surface area contributed by atoms with Crippen LogP contribution < -0.4 is 4.90 Å². The maximum absolute atomic E-state index is 11.1. The third-order valence-corrected chi connectivity index (χ3v) is 3.82. The summed E-state index contributed by atoms with van der Waals surface area (Å²) >= 11 is 0. The summed E-state index contributed by atoms with van der Waals surface area (Å²) in [6.45, 7) is 6.86. The van der Waals surface area contributed by atoms with Crippen molar-refractivity contribution < 1.29 is 9.90 Å². The van der Waals surface area contributed by atoms with Gasteiger partial charge in [0.1, 0.15) is 0 Å². The average Bonchev–Trinajstić information content (AvgIpc) is 2.30. The van der Waals surface area contributed by atoms with Gasteiger partial charge in [-0.3, -0.25) is 4.79 Å². The molecule has 0 amide bonds. The van der Waals surface area contributed by atoms with Gasteiger partial charge in [0.15, 0.2) is 0 Å². The maximum Gasteiger partial charge on any atom is 0.305 e. The predicted molar refractivity (Wildman–Crippen MR) is 76.8 cm³/mol. The Hall–Kier alpha value is -1.55. The van der Waals surface area contributed by atoms with Gasteiger partial charge in [-0.2, -0.15) is 0 Å². The number of carboxylic acids is 1. The van der Waals surface area contributed by atoms with Crippen LogP contribution in [-0.4, -0.2) is 48.7 Å². The normalized spacial score (nSPS) is 20.6. The zero-order valence-electron chi connectivity index (χ0n) is 11.9. The van der Waals surface area contributed by atoms with Crippen LogP contribution in [0.2, 0.25) is 0 Å². The minimum absolute atomic E-state index is 0.0519. The first-order chi connectivity index (χ1) is 8.99. The number of benzene rings is 1. The standard InChI is InChI=1S/C15H22N2O2/c1-11-5-4-6-12(2)15(11)17-8-7-16(3)10-13(17)9-14(18)19/h4-6,13H,7-10H2,1-3H3,(H,18,19). The lowest BCUT2D eigenvalue weighted by molar-refractivity contribution is -0.137. The van der Waals surface area contributed by atoms with E-state index >= 15 is 0 Å². The van der Waals surface area contributed by atoms with Gasteiger partial charge in [-0.25, -0.2) is 0 Å². The van der Waals surface area contributed by atoms with Crippen molar-refractivity contribution in [2.75, 3.05) is 31.6 Å². The Morgan fingerprint density at radius 1 is 1.32 bits per heavy atom. The van der Waals surface area contributed by atoms with Crippen LogP contribution in [0.3, 0.4) is 0 Å². The summed E-state index contributed by atoms with van der Waals surface area (Å²) in [5.41, 5.74) is 3.65. The zero-order chi connectivity index (χ0) is 14.0. The Balaban J connectivity index is 2.32. The van der Waals surface area contributed by atoms with Crippen molar-refractivity contribution in [3.8, 4) is 0 Å². The van der Waals surface area contributed by atoms with Gasteiger partial charge in [0, 0.05) is 25.3 Å². The van der Waals surface area contributed by atoms with Crippen molar-refractivity contribution in [2.24, 2.45) is 0 Å². The van der Waals surface area contributed by atoms with E-state index in [1.807, 2.05) is 0 Å². The highest BCUT2D eigenvalue weighted by Gasteiger charge is 2.28. The number of hydrogen-bond donors (Lipinski definition) is 1. The van der Waals surface area contributed by atoms with E-state index in [-0.39, 0.29) is 12.5 Å². The molecule has 4 heteroatoms. The summed E-state index contributed by atoms with van der Waals surface area (Å²) in [5, 5.41) is 9.11. The molecule has 0 saturated carbocycles. The molecule has 1 aliphatic heterocycles. The Bertz CT molecular complexity index is 453. The summed E-state index contributed by atoms with van der Waals surface area (Å²) in [7, 11) is 2.05. The highest BCUT2D eigenvalue weighted by Crippen LogP contribution is 2.29. The molecule has 1 saturated heterocycles. The molecule has 19 heavy (non-hydrogen) atoms. The number of para-hydroxylation sites is 1. The van der Waals surface area contributed by atoms with Crippen molar-refractivity contribution >= 4 is 11.7 Å². The summed E-state index contributed by atoms with van der Waals surface area (Å²) in [5.74, 6) is -0.725. The second kappa shape index (κ2) is 5.61. The molecule has 2 rings (SSSR count). The third-order valence-electron chi connectivity index (χ3n) is 3.82. The summed E-state index contributed by atoms with van der Waals surface area (Å²) in [4.78, 5) is 15.6. The second-order valence-corrected chi connectivity index (χ2v) is 5.45. The first-order valence-corrected chi connectivity index (χ1v) is 6.72. The molecule has 4 nitrogen and oxygen atoms in total. The average molecular weight is 262 g/mol. The van der Waals surface area contributed by atoms with Crippen molar-refractivity contribution in [3.05, 3.63) is 29.3 Å². The molecule has 1 aromatic rings. The Labute approximate surface area is 114 Å². The van der Waals surface area contributed by atoms with E-state index in [1.54, 1.807) is 0 Å². The predicted octanol–water partition coefficient (Wildman–Crippen LogP) is 1.90. The zero-order valence-corrected chi connectivity index (χ0v) is 11.9. The molecule has 104 valence electrons. The molecule has 1 N–H and O–H groups in total. The van der Waals surface area contributed by atoms with Gasteiger partial charge in [-0.05, 0) is 32.0 Å². The molecule has 1 aromatic carbocycles. The van der Waals surface area contributed by atoms with Crippen molar-refractivity contribution in [1.29, 1.82) is 0 Å². The topological polar surface area (TPSA) is 43.8 Å². The van der Waals surface area contributed by atoms with Crippen molar-refractivity contribution in [3.63, 3.8) is 0 Å². The van der Waals surface area contributed by atoms with E-state index in [1.165, 1.54) is 16.8 Å². The number of rotatable bonds is 3. The Morgan fingerprint density at radius 3 is 2.53 bits per heavy atom. The van der Waals surface area contributed by atoms with Crippen molar-refractivity contribution in [2.45, 2.75) is 26.3 Å². The fourth-order valence-electron chi connectivity index (χ4n) is 2.94. The lowest BCUT2D eigenvalue weighted by Crippen LogP contribution is -2.53. The molecule has 1 unspecified atom stereocenters. The molecule has 0 spiro atoms. The third kappa shape index (κ3) is 3.07. The SMILES string of the molecule is Cc1cccc(C)c1N1CCN(C)CC1CC(=O)O. The van der Waals surface area contributed by atoms with E-state index in [4.69, 9.17) is 5.11 Å². The lowest BCUT2D eigenvalue weighted by atomic mass is 10.0. The molecular weight excluding hydrogens is 240 g/mol. The monoisotopic (exact) mass is 262 g/mol. The van der Waals surface area contributed by atoms with Crippen LogP contribution in [0, 0.1) is 13.8 Å². The molecule has 0 aromatic heterocycles. The summed E-state index contributed by atoms with van der Waals surface area (Å²) < 4.78 is 0. The number of carboxylic acid groups (broad SMARTS) is 1. The van der Waals surface area contributed by atoms with Crippen LogP contribution in [-0.2, 0) is 4.79 Å². The van der Waals surface area contributed by atoms with Crippen LogP contribution in [0.1, 0.15) is 17.5 Å². The van der Waals surface area contributed by atoms with E-state index in [2.05, 4.69) is 48.9 Å². The number of aryl methyl sites for hydroxylation is 2. The number of aliphatic carboxylic acids is 1. The fourth-order valence-corrected chi connectivity index (χ4v) is 2.94. The Morgan fingerprint density at radius 2 is 1.95 bits per heavy atom. The first kappa shape index (κ1) is 13.9. The highest BCUT2D eigenvalue weighted by molar-refractivity contribution is 5.69. The number of carbonyl (C=O) groups is 1. The molecular formula is C15H22N2O2. The van der Waals surface area contributed by atoms with Gasteiger partial charge in [0.2, 0.25) is 0 Å². The second-order valence-electron chi connectivity index (χ2n) is 5.45. The minimum atomic E-state index is -0.725. The summed E-state index contributed by atoms with van der Waals surface area (Å²) in [6.07, 6.45) is 0.193. The van der Waals surface area contributed by atoms with Crippen LogP contribution in [0.4, 0.5) is 5.69 Å². The van der Waals surface area contributed by atoms with Gasteiger partial charge in [0.05, 0.1) is 12.5 Å². The summed E-state index contributed by atoms with van der Waals surface area (Å²) in [6, 6.07) is 6.30. The smallest absolute Gasteiger partial charge is 0.305 e. The van der Waals surface area contributed by atoms with Crippen LogP contribution in [0.5, 0.6) is 0 Å². The molecule has 1 aliphatic rings. The number of anilines is 1. The number of nitrogens with zero attached hydrogens (tertiary/aromatic N) is 2. The van der Waals surface area contributed by atoms with Crippen LogP contribution >= 0.6 is 0 Å². The maximum atomic E-state index is 11.1. The van der Waals surface area contributed by atoms with E-state index in [0.29, 0.717) is 0 Å². The van der Waals surface area contributed by atoms with Gasteiger partial charge in [-0.15, -0.1) is 0 Å². The molecule has 0 bridgehead atoms. The molecule has 1 atom stereocenters. The van der Waals surface area contributed by atoms with Crippen LogP contribution in [0.15, 0.2) is 18.2 Å². The number of piperazine rings is 1. The van der Waals surface area contributed by atoms with Crippen LogP contribution in [0.25, 0.3) is 0 Å². The molecule has 1 heterocycles. The fraction of sp³-hybridized carbons (Fsp3) is 0.533. The van der Waals surface area contributed by atoms with Gasteiger partial charge in [0.25, 0.3) is 0 Å². The van der Waals surface area contributed by atoms with E-state index in [0.717, 1.165) is 19.6 Å². The van der Waals surface area contributed by atoms with E-state index < -0.39 is 5.97 Å². The van der Waals surface area contributed by atoms with Crippen molar-refractivity contribution in [1.82, 2.24) is 4.90 Å². The number of hydrogen-bond acceptors (Lipinski definition) is 3. The Kier molecular flexibility index (Phi) is 4.10. The minimum Gasteiger partial charge on any atom is -0.481 e. The van der Waals surface area contributed by atoms with Gasteiger partial charge >= 0.3 is 5.97 Å². The molecule has 0 radical (unpaired) electrons. The number of likely N-dealkylation sites (N-methyl/N-ethyl adjacent to an activating group) is 1. The first-order valence-electron chi connectivity index (χ1n) is 6.72. The molecule has 1 fully saturated rings.